The molecule has 0 spiro atoms. The van der Waals surface area contributed by atoms with Crippen LogP contribution in [0.1, 0.15) is 19.8 Å². The highest BCUT2D eigenvalue weighted by atomic mass is 16.4. The molecule has 0 aliphatic heterocycles. The molecule has 0 bridgehead atoms. The van der Waals surface area contributed by atoms with Crippen molar-refractivity contribution in [2.75, 3.05) is 11.9 Å². The van der Waals surface area contributed by atoms with Crippen molar-refractivity contribution in [3.05, 3.63) is 24.6 Å². The highest BCUT2D eigenvalue weighted by molar-refractivity contribution is 5.87. The quantitative estimate of drug-likeness (QED) is 0.769. The fourth-order valence-corrected chi connectivity index (χ4v) is 1.77. The number of carboxylic acid groups (broad SMARTS) is 1. The molecule has 0 radical (unpaired) electrons. The molecule has 1 unspecified atom stereocenters. The van der Waals surface area contributed by atoms with Gasteiger partial charge in [-0.15, -0.1) is 0 Å². The lowest BCUT2D eigenvalue weighted by molar-refractivity contribution is -0.141. The van der Waals surface area contributed by atoms with Crippen molar-refractivity contribution in [2.24, 2.45) is 5.92 Å². The van der Waals surface area contributed by atoms with Crippen molar-refractivity contribution in [1.82, 2.24) is 4.98 Å². The van der Waals surface area contributed by atoms with Gasteiger partial charge in [-0.3, -0.25) is 4.79 Å². The molecular weight excluding hydrogens is 232 g/mol. The predicted octanol–water partition coefficient (Wildman–Crippen LogP) is 2.74. The van der Waals surface area contributed by atoms with Crippen LogP contribution in [0.15, 0.2) is 29.0 Å². The highest BCUT2D eigenvalue weighted by Crippen LogP contribution is 2.21. The molecule has 0 aromatic carbocycles. The number of anilines is 1. The molecule has 5 nitrogen and oxygen atoms in total. The van der Waals surface area contributed by atoms with E-state index in [1.54, 1.807) is 19.4 Å². The summed E-state index contributed by atoms with van der Waals surface area (Å²) in [5.74, 6) is -0.265. The van der Waals surface area contributed by atoms with E-state index >= 15 is 0 Å². The first-order valence-electron chi connectivity index (χ1n) is 5.97. The predicted molar refractivity (Wildman–Crippen MR) is 68.5 cm³/mol. The maximum atomic E-state index is 10.7. The minimum Gasteiger partial charge on any atom is -0.481 e. The standard InChI is InChI=1S/C13H16N2O3/c1-9(13(16)17)3-2-6-14-12-10-5-8-18-11(10)4-7-15-12/h4-5,7-9H,2-3,6H2,1H3,(H,14,15)(H,16,17). The first-order chi connectivity index (χ1) is 8.68. The van der Waals surface area contributed by atoms with E-state index in [0.717, 1.165) is 23.2 Å². The average Bonchev–Trinajstić information content (AvgIpc) is 2.83. The number of furan rings is 1. The van der Waals surface area contributed by atoms with Crippen LogP contribution < -0.4 is 5.32 Å². The first-order valence-corrected chi connectivity index (χ1v) is 5.97. The Balaban J connectivity index is 1.87. The number of carboxylic acids is 1. The third-order valence-corrected chi connectivity index (χ3v) is 2.91. The van der Waals surface area contributed by atoms with Crippen molar-refractivity contribution in [3.63, 3.8) is 0 Å². The van der Waals surface area contributed by atoms with Gasteiger partial charge in [-0.25, -0.2) is 4.98 Å². The number of hydrogen-bond acceptors (Lipinski definition) is 4. The fraction of sp³-hybridized carbons (Fsp3) is 0.385. The summed E-state index contributed by atoms with van der Waals surface area (Å²) >= 11 is 0. The molecule has 2 aromatic heterocycles. The summed E-state index contributed by atoms with van der Waals surface area (Å²) < 4.78 is 5.28. The molecule has 2 heterocycles. The lowest BCUT2D eigenvalue weighted by Crippen LogP contribution is -2.12. The Bertz CT molecular complexity index is 536. The number of nitrogens with one attached hydrogen (secondary N) is 1. The summed E-state index contributed by atoms with van der Waals surface area (Å²) in [6.07, 6.45) is 4.77. The molecule has 5 heteroatoms. The third-order valence-electron chi connectivity index (χ3n) is 2.91. The maximum Gasteiger partial charge on any atom is 0.306 e. The zero-order valence-electron chi connectivity index (χ0n) is 10.2. The largest absolute Gasteiger partial charge is 0.481 e. The van der Waals surface area contributed by atoms with Gasteiger partial charge in [-0.05, 0) is 25.0 Å². The molecule has 0 fully saturated rings. The highest BCUT2D eigenvalue weighted by Gasteiger charge is 2.10. The van der Waals surface area contributed by atoms with Crippen molar-refractivity contribution >= 4 is 22.8 Å². The second-order valence-electron chi connectivity index (χ2n) is 4.30. The first kappa shape index (κ1) is 12.4. The number of nitrogens with zero attached hydrogens (tertiary/aromatic N) is 1. The summed E-state index contributed by atoms with van der Waals surface area (Å²) in [5, 5.41) is 12.9. The fourth-order valence-electron chi connectivity index (χ4n) is 1.77. The molecule has 2 N–H and O–H groups in total. The van der Waals surface area contributed by atoms with Crippen molar-refractivity contribution in [2.45, 2.75) is 19.8 Å². The van der Waals surface area contributed by atoms with Crippen LogP contribution in [0.4, 0.5) is 5.82 Å². The molecule has 0 amide bonds. The second-order valence-corrected chi connectivity index (χ2v) is 4.30. The number of fused-ring (bicyclic) bond motifs is 1. The summed E-state index contributed by atoms with van der Waals surface area (Å²) in [6, 6.07) is 3.68. The monoisotopic (exact) mass is 248 g/mol. The van der Waals surface area contributed by atoms with Crippen LogP contribution in [0.2, 0.25) is 0 Å². The van der Waals surface area contributed by atoms with Crippen LogP contribution >= 0.6 is 0 Å². The van der Waals surface area contributed by atoms with E-state index in [9.17, 15) is 4.79 Å². The van der Waals surface area contributed by atoms with Gasteiger partial charge in [0.15, 0.2) is 0 Å². The number of hydrogen-bond donors (Lipinski definition) is 2. The topological polar surface area (TPSA) is 75.4 Å². The van der Waals surface area contributed by atoms with Crippen molar-refractivity contribution in [3.8, 4) is 0 Å². The lowest BCUT2D eigenvalue weighted by Gasteiger charge is -2.08. The molecule has 0 aliphatic carbocycles. The minimum absolute atomic E-state index is 0.301. The van der Waals surface area contributed by atoms with E-state index in [0.29, 0.717) is 13.0 Å². The van der Waals surface area contributed by atoms with Gasteiger partial charge in [-0.1, -0.05) is 6.92 Å². The van der Waals surface area contributed by atoms with E-state index < -0.39 is 5.97 Å². The molecule has 0 saturated carbocycles. The Hall–Kier alpha value is -2.04. The van der Waals surface area contributed by atoms with Crippen LogP contribution in [-0.4, -0.2) is 22.6 Å². The molecule has 2 rings (SSSR count). The third kappa shape index (κ3) is 2.80. The van der Waals surface area contributed by atoms with Crippen molar-refractivity contribution < 1.29 is 14.3 Å². The molecule has 0 saturated heterocycles. The molecule has 0 aliphatic rings. The summed E-state index contributed by atoms with van der Waals surface area (Å²) in [5.41, 5.74) is 0.798. The summed E-state index contributed by atoms with van der Waals surface area (Å²) in [7, 11) is 0. The van der Waals surface area contributed by atoms with Crippen LogP contribution in [0, 0.1) is 5.92 Å². The molecule has 18 heavy (non-hydrogen) atoms. The van der Waals surface area contributed by atoms with Gasteiger partial charge < -0.3 is 14.8 Å². The number of pyridine rings is 1. The molecule has 2 aromatic rings. The zero-order chi connectivity index (χ0) is 13.0. The smallest absolute Gasteiger partial charge is 0.306 e. The van der Waals surface area contributed by atoms with Crippen LogP contribution in [0.3, 0.4) is 0 Å². The van der Waals surface area contributed by atoms with E-state index in [1.807, 2.05) is 12.1 Å². The number of carbonyl (C=O) groups is 1. The van der Waals surface area contributed by atoms with Gasteiger partial charge in [0.1, 0.15) is 11.4 Å². The Morgan fingerprint density at radius 1 is 1.56 bits per heavy atom. The van der Waals surface area contributed by atoms with E-state index in [4.69, 9.17) is 9.52 Å². The lowest BCUT2D eigenvalue weighted by atomic mass is 10.1. The Kier molecular flexibility index (Phi) is 3.82. The molecule has 1 atom stereocenters. The van der Waals surface area contributed by atoms with Crippen LogP contribution in [-0.2, 0) is 4.79 Å². The van der Waals surface area contributed by atoms with Gasteiger partial charge in [-0.2, -0.15) is 0 Å². The summed E-state index contributed by atoms with van der Waals surface area (Å²) in [6.45, 7) is 2.42. The Morgan fingerprint density at radius 3 is 3.17 bits per heavy atom. The van der Waals surface area contributed by atoms with Crippen LogP contribution in [0.25, 0.3) is 11.0 Å². The Labute approximate surface area is 105 Å². The number of rotatable bonds is 6. The van der Waals surface area contributed by atoms with Gasteiger partial charge in [0, 0.05) is 12.7 Å². The normalized spacial score (nSPS) is 12.5. The van der Waals surface area contributed by atoms with E-state index in [2.05, 4.69) is 10.3 Å². The van der Waals surface area contributed by atoms with E-state index in [-0.39, 0.29) is 5.92 Å². The number of aliphatic carboxylic acids is 1. The number of aromatic nitrogens is 1. The summed E-state index contributed by atoms with van der Waals surface area (Å²) in [4.78, 5) is 14.9. The van der Waals surface area contributed by atoms with E-state index in [1.165, 1.54) is 0 Å². The second kappa shape index (κ2) is 5.53. The van der Waals surface area contributed by atoms with Crippen LogP contribution in [0.5, 0.6) is 0 Å². The van der Waals surface area contributed by atoms with Gasteiger partial charge >= 0.3 is 5.97 Å². The zero-order valence-corrected chi connectivity index (χ0v) is 10.2. The van der Waals surface area contributed by atoms with Crippen molar-refractivity contribution in [1.29, 1.82) is 0 Å². The maximum absolute atomic E-state index is 10.7. The average molecular weight is 248 g/mol. The minimum atomic E-state index is -0.745. The van der Waals surface area contributed by atoms with Gasteiger partial charge in [0.05, 0.1) is 17.6 Å². The Morgan fingerprint density at radius 2 is 2.39 bits per heavy atom. The van der Waals surface area contributed by atoms with Gasteiger partial charge in [0.25, 0.3) is 0 Å². The SMILES string of the molecule is CC(CCCNc1nccc2occc12)C(=O)O. The van der Waals surface area contributed by atoms with Gasteiger partial charge in [0.2, 0.25) is 0 Å². The molecule has 96 valence electrons. The molecular formula is C13H16N2O3.